The van der Waals surface area contributed by atoms with Crippen LogP contribution in [0.2, 0.25) is 10.0 Å². The van der Waals surface area contributed by atoms with Crippen LogP contribution in [0.15, 0.2) is 18.2 Å². The van der Waals surface area contributed by atoms with E-state index in [1.54, 1.807) is 21.9 Å². The second kappa shape index (κ2) is 7.84. The molecule has 2 heterocycles. The molecule has 8 heteroatoms. The minimum absolute atomic E-state index is 0.0975. The van der Waals surface area contributed by atoms with Crippen molar-refractivity contribution in [2.45, 2.75) is 31.7 Å². The minimum atomic E-state index is -0.811. The molecule has 2 fully saturated rings. The van der Waals surface area contributed by atoms with Crippen molar-refractivity contribution in [1.82, 2.24) is 9.80 Å². The lowest BCUT2D eigenvalue weighted by Crippen LogP contribution is -2.50. The number of amides is 2. The highest BCUT2D eigenvalue weighted by atomic mass is 35.5. The van der Waals surface area contributed by atoms with E-state index in [9.17, 15) is 14.4 Å². The van der Waals surface area contributed by atoms with Crippen LogP contribution in [0.4, 0.5) is 0 Å². The second-order valence-corrected chi connectivity index (χ2v) is 7.54. The van der Waals surface area contributed by atoms with Crippen molar-refractivity contribution >= 4 is 41.0 Å². The first-order chi connectivity index (χ1) is 12.4. The van der Waals surface area contributed by atoms with Gasteiger partial charge in [0, 0.05) is 25.2 Å². The van der Waals surface area contributed by atoms with E-state index in [0.717, 1.165) is 6.42 Å². The number of likely N-dealkylation sites (tertiary alicyclic amines) is 2. The van der Waals surface area contributed by atoms with E-state index in [1.165, 1.54) is 6.07 Å². The Morgan fingerprint density at radius 1 is 1.00 bits per heavy atom. The molecule has 1 unspecified atom stereocenters. The quantitative estimate of drug-likeness (QED) is 0.848. The zero-order valence-electron chi connectivity index (χ0n) is 14.2. The molecule has 2 aliphatic rings. The Morgan fingerprint density at radius 3 is 2.31 bits per heavy atom. The first-order valence-electron chi connectivity index (χ1n) is 8.66. The normalized spacial score (nSPS) is 21.1. The molecule has 0 aliphatic carbocycles. The fourth-order valence-electron chi connectivity index (χ4n) is 3.62. The Kier molecular flexibility index (Phi) is 5.73. The standard InChI is InChI=1S/C18H20Cl2N2O4/c19-13-4-3-12(10-14(13)20)16(23)22-7-1-2-15(22)17(24)21-8-5-11(6-9-21)18(25)26/h3-4,10-11,15H,1-2,5-9H2,(H,25,26). The van der Waals surface area contributed by atoms with Crippen molar-refractivity contribution in [1.29, 1.82) is 0 Å². The van der Waals surface area contributed by atoms with Crippen LogP contribution in [0.5, 0.6) is 0 Å². The Labute approximate surface area is 161 Å². The number of carbonyl (C=O) groups is 3. The zero-order valence-corrected chi connectivity index (χ0v) is 15.7. The Morgan fingerprint density at radius 2 is 1.69 bits per heavy atom. The number of carboxylic acids is 1. The van der Waals surface area contributed by atoms with Crippen LogP contribution in [0, 0.1) is 5.92 Å². The van der Waals surface area contributed by atoms with Crippen LogP contribution >= 0.6 is 23.2 Å². The number of hydrogen-bond donors (Lipinski definition) is 1. The first kappa shape index (κ1) is 19.0. The molecule has 0 radical (unpaired) electrons. The number of nitrogens with zero attached hydrogens (tertiary/aromatic N) is 2. The SMILES string of the molecule is O=C(O)C1CCN(C(=O)C2CCCN2C(=O)c2ccc(Cl)c(Cl)c2)CC1. The number of halogens is 2. The van der Waals surface area contributed by atoms with Gasteiger partial charge in [-0.2, -0.15) is 0 Å². The van der Waals surface area contributed by atoms with Gasteiger partial charge in [-0.1, -0.05) is 23.2 Å². The van der Waals surface area contributed by atoms with Crippen molar-refractivity contribution < 1.29 is 19.5 Å². The summed E-state index contributed by atoms with van der Waals surface area (Å²) in [5.74, 6) is -1.54. The molecule has 1 aromatic carbocycles. The summed E-state index contributed by atoms with van der Waals surface area (Å²) in [5, 5.41) is 9.76. The van der Waals surface area contributed by atoms with E-state index in [1.807, 2.05) is 0 Å². The number of piperidine rings is 1. The highest BCUT2D eigenvalue weighted by Crippen LogP contribution is 2.27. The molecule has 0 aromatic heterocycles. The zero-order chi connectivity index (χ0) is 18.8. The number of carbonyl (C=O) groups excluding carboxylic acids is 2. The molecule has 0 bridgehead atoms. The van der Waals surface area contributed by atoms with E-state index in [-0.39, 0.29) is 11.8 Å². The number of benzene rings is 1. The van der Waals surface area contributed by atoms with Crippen molar-refractivity contribution in [3.8, 4) is 0 Å². The average Bonchev–Trinajstić information content (AvgIpc) is 3.12. The predicted octanol–water partition coefficient (Wildman–Crippen LogP) is 2.92. The summed E-state index contributed by atoms with van der Waals surface area (Å²) in [6.45, 7) is 1.35. The topological polar surface area (TPSA) is 77.9 Å². The Bertz CT molecular complexity index is 732. The monoisotopic (exact) mass is 398 g/mol. The molecule has 3 rings (SSSR count). The third-order valence-electron chi connectivity index (χ3n) is 5.12. The van der Waals surface area contributed by atoms with Crippen LogP contribution in [-0.2, 0) is 9.59 Å². The van der Waals surface area contributed by atoms with Gasteiger partial charge in [-0.3, -0.25) is 14.4 Å². The molecule has 140 valence electrons. The summed E-state index contributed by atoms with van der Waals surface area (Å²) in [5.41, 5.74) is 0.406. The van der Waals surface area contributed by atoms with Gasteiger partial charge >= 0.3 is 5.97 Å². The van der Waals surface area contributed by atoms with Gasteiger partial charge in [-0.15, -0.1) is 0 Å². The van der Waals surface area contributed by atoms with Crippen LogP contribution in [0.25, 0.3) is 0 Å². The maximum absolute atomic E-state index is 12.9. The van der Waals surface area contributed by atoms with Gasteiger partial charge in [-0.05, 0) is 43.9 Å². The van der Waals surface area contributed by atoms with E-state index in [2.05, 4.69) is 0 Å². The van der Waals surface area contributed by atoms with Crippen molar-refractivity contribution in [3.05, 3.63) is 33.8 Å². The first-order valence-corrected chi connectivity index (χ1v) is 9.41. The summed E-state index contributed by atoms with van der Waals surface area (Å²) >= 11 is 11.9. The third kappa shape index (κ3) is 3.81. The van der Waals surface area contributed by atoms with Crippen molar-refractivity contribution in [2.75, 3.05) is 19.6 Å². The van der Waals surface area contributed by atoms with Gasteiger partial charge in [0.25, 0.3) is 5.91 Å². The van der Waals surface area contributed by atoms with Crippen molar-refractivity contribution in [2.24, 2.45) is 5.92 Å². The minimum Gasteiger partial charge on any atom is -0.481 e. The predicted molar refractivity (Wildman–Crippen MR) is 97.5 cm³/mol. The van der Waals surface area contributed by atoms with Crippen LogP contribution in [0.3, 0.4) is 0 Å². The number of rotatable bonds is 3. The van der Waals surface area contributed by atoms with Crippen molar-refractivity contribution in [3.63, 3.8) is 0 Å². The van der Waals surface area contributed by atoms with Gasteiger partial charge in [0.1, 0.15) is 6.04 Å². The fourth-order valence-corrected chi connectivity index (χ4v) is 3.92. The van der Waals surface area contributed by atoms with Gasteiger partial charge in [-0.25, -0.2) is 0 Å². The van der Waals surface area contributed by atoms with Gasteiger partial charge in [0.05, 0.1) is 16.0 Å². The number of aliphatic carboxylic acids is 1. The molecule has 0 saturated carbocycles. The summed E-state index contributed by atoms with van der Waals surface area (Å²) < 4.78 is 0. The molecule has 26 heavy (non-hydrogen) atoms. The Hall–Kier alpha value is -1.79. The molecule has 6 nitrogen and oxygen atoms in total. The summed E-state index contributed by atoms with van der Waals surface area (Å²) in [6.07, 6.45) is 2.28. The highest BCUT2D eigenvalue weighted by Gasteiger charge is 2.38. The van der Waals surface area contributed by atoms with E-state index < -0.39 is 17.9 Å². The van der Waals surface area contributed by atoms with E-state index in [4.69, 9.17) is 28.3 Å². The lowest BCUT2D eigenvalue weighted by atomic mass is 9.96. The van der Waals surface area contributed by atoms with Gasteiger partial charge in [0.15, 0.2) is 0 Å². The molecule has 2 saturated heterocycles. The van der Waals surface area contributed by atoms with Crippen LogP contribution in [-0.4, -0.2) is 58.4 Å². The smallest absolute Gasteiger partial charge is 0.306 e. The maximum atomic E-state index is 12.9. The number of carboxylic acid groups (broad SMARTS) is 1. The molecule has 2 aliphatic heterocycles. The lowest BCUT2D eigenvalue weighted by molar-refractivity contribution is -0.146. The summed E-state index contributed by atoms with van der Waals surface area (Å²) in [7, 11) is 0. The molecule has 1 aromatic rings. The lowest BCUT2D eigenvalue weighted by Gasteiger charge is -2.34. The van der Waals surface area contributed by atoms with E-state index in [0.29, 0.717) is 54.5 Å². The van der Waals surface area contributed by atoms with Crippen LogP contribution in [0.1, 0.15) is 36.0 Å². The highest BCUT2D eigenvalue weighted by molar-refractivity contribution is 6.42. The molecule has 2 amide bonds. The van der Waals surface area contributed by atoms with Gasteiger partial charge < -0.3 is 14.9 Å². The largest absolute Gasteiger partial charge is 0.481 e. The second-order valence-electron chi connectivity index (χ2n) is 6.72. The number of hydrogen-bond acceptors (Lipinski definition) is 3. The molecular weight excluding hydrogens is 379 g/mol. The summed E-state index contributed by atoms with van der Waals surface area (Å²) in [4.78, 5) is 40.0. The van der Waals surface area contributed by atoms with Gasteiger partial charge in [0.2, 0.25) is 5.91 Å². The van der Waals surface area contributed by atoms with Crippen LogP contribution < -0.4 is 0 Å². The third-order valence-corrected chi connectivity index (χ3v) is 5.86. The summed E-state index contributed by atoms with van der Waals surface area (Å²) in [6, 6.07) is 4.19. The molecular formula is C18H20Cl2N2O4. The maximum Gasteiger partial charge on any atom is 0.306 e. The molecule has 1 N–H and O–H groups in total. The Balaban J connectivity index is 1.69. The average molecular weight is 399 g/mol. The fraction of sp³-hybridized carbons (Fsp3) is 0.500. The molecule has 0 spiro atoms. The van der Waals surface area contributed by atoms with E-state index >= 15 is 0 Å². The molecule has 1 atom stereocenters.